The Morgan fingerprint density at radius 1 is 1.25 bits per heavy atom. The van der Waals surface area contributed by atoms with E-state index in [9.17, 15) is 0 Å². The van der Waals surface area contributed by atoms with Gasteiger partial charge in [-0.3, -0.25) is 0 Å². The van der Waals surface area contributed by atoms with Gasteiger partial charge in [-0.15, -0.1) is 0 Å². The van der Waals surface area contributed by atoms with Crippen LogP contribution in [0.1, 0.15) is 0 Å². The van der Waals surface area contributed by atoms with Crippen molar-refractivity contribution in [3.05, 3.63) is 0 Å². The molecule has 0 amide bonds. The van der Waals surface area contributed by atoms with Crippen LogP contribution in [0.3, 0.4) is 0 Å². The van der Waals surface area contributed by atoms with Gasteiger partial charge in [0.2, 0.25) is 0 Å². The van der Waals surface area contributed by atoms with Crippen LogP contribution in [0.25, 0.3) is 0 Å². The summed E-state index contributed by atoms with van der Waals surface area (Å²) < 4.78 is 0. The molecule has 0 aromatic heterocycles. The van der Waals surface area contributed by atoms with Crippen LogP contribution >= 0.6 is 0 Å². The standard InChI is InChI=1S/As.H2O3/c;1-3-2/h;1-2H. The summed E-state index contributed by atoms with van der Waals surface area (Å²) in [5, 5.41) is 15.5. The first-order valence-corrected chi connectivity index (χ1v) is 0.365. The SMILES string of the molecule is OOO.[As]. The molecule has 0 saturated heterocycles. The van der Waals surface area contributed by atoms with Gasteiger partial charge in [0.05, 0.1) is 0 Å². The van der Waals surface area contributed by atoms with Crippen LogP contribution < -0.4 is 0 Å². The van der Waals surface area contributed by atoms with E-state index in [4.69, 9.17) is 10.5 Å². The molecule has 0 bridgehead atoms. The van der Waals surface area contributed by atoms with Gasteiger partial charge in [-0.2, -0.15) is 0 Å². The van der Waals surface area contributed by atoms with Crippen LogP contribution in [0.4, 0.5) is 0 Å². The zero-order valence-electron chi connectivity index (χ0n) is 1.75. The van der Waals surface area contributed by atoms with Crippen molar-refractivity contribution >= 4 is 18.0 Å². The summed E-state index contributed by atoms with van der Waals surface area (Å²) >= 11 is 0. The third kappa shape index (κ3) is 26.2. The van der Waals surface area contributed by atoms with Crippen LogP contribution in [-0.2, 0) is 5.04 Å². The van der Waals surface area contributed by atoms with Gasteiger partial charge in [-0.25, -0.2) is 10.5 Å². The van der Waals surface area contributed by atoms with E-state index in [1.165, 1.54) is 0 Å². The summed E-state index contributed by atoms with van der Waals surface area (Å²) in [5.41, 5.74) is 0. The second kappa shape index (κ2) is 9.88. The van der Waals surface area contributed by atoms with E-state index in [1.807, 2.05) is 0 Å². The minimum absolute atomic E-state index is 0. The van der Waals surface area contributed by atoms with Crippen molar-refractivity contribution in [2.24, 2.45) is 0 Å². The summed E-state index contributed by atoms with van der Waals surface area (Å²) in [6, 6.07) is 0. The monoisotopic (exact) mass is 125 g/mol. The van der Waals surface area contributed by atoms with Gasteiger partial charge < -0.3 is 0 Å². The average Bonchev–Trinajstić information content (AvgIpc) is 0.918. The van der Waals surface area contributed by atoms with Gasteiger partial charge >= 0.3 is 0 Å². The third-order valence-corrected chi connectivity index (χ3v) is 0. The van der Waals surface area contributed by atoms with Crippen molar-refractivity contribution in [1.82, 2.24) is 0 Å². The van der Waals surface area contributed by atoms with Crippen molar-refractivity contribution in [2.75, 3.05) is 0 Å². The fourth-order valence-corrected chi connectivity index (χ4v) is 0. The first kappa shape index (κ1) is 8.83. The molecule has 0 aliphatic heterocycles. The molecule has 4 heteroatoms. The molecular weight excluding hydrogens is 123 g/mol. The van der Waals surface area contributed by atoms with E-state index in [0.717, 1.165) is 0 Å². The number of rotatable bonds is 0. The zero-order chi connectivity index (χ0) is 2.71. The smallest absolute Gasteiger partial charge is 0 e. The average molecular weight is 125 g/mol. The normalized spacial score (nSPS) is 4.50. The van der Waals surface area contributed by atoms with Crippen molar-refractivity contribution in [3.63, 3.8) is 0 Å². The van der Waals surface area contributed by atoms with E-state index in [-0.39, 0.29) is 18.0 Å². The van der Waals surface area contributed by atoms with E-state index in [2.05, 4.69) is 5.04 Å². The predicted molar refractivity (Wildman–Crippen MR) is 12.1 cm³/mol. The fraction of sp³-hybridized carbons (Fsp3) is 0. The Morgan fingerprint density at radius 2 is 1.25 bits per heavy atom. The van der Waals surface area contributed by atoms with Gasteiger partial charge in [0.25, 0.3) is 0 Å². The van der Waals surface area contributed by atoms with Crippen LogP contribution in [0, 0.1) is 0 Å². The molecule has 0 atom stereocenters. The predicted octanol–water partition coefficient (Wildman–Crippen LogP) is -0.432. The van der Waals surface area contributed by atoms with Gasteiger partial charge in [0, 0.05) is 18.0 Å². The Labute approximate surface area is 34.4 Å². The molecule has 25 valence electrons. The molecular formula is H2AsO3. The molecule has 0 aliphatic rings. The van der Waals surface area contributed by atoms with E-state index in [0.29, 0.717) is 0 Å². The van der Waals surface area contributed by atoms with Crippen molar-refractivity contribution in [3.8, 4) is 0 Å². The van der Waals surface area contributed by atoms with Gasteiger partial charge in [0.15, 0.2) is 0 Å². The van der Waals surface area contributed by atoms with Crippen LogP contribution in [-0.4, -0.2) is 28.5 Å². The quantitative estimate of drug-likeness (QED) is 0.262. The topological polar surface area (TPSA) is 49.7 Å². The molecule has 0 spiro atoms. The molecule has 0 aliphatic carbocycles. The summed E-state index contributed by atoms with van der Waals surface area (Å²) in [5.74, 6) is 0. The van der Waals surface area contributed by atoms with Crippen molar-refractivity contribution in [2.45, 2.75) is 0 Å². The van der Waals surface area contributed by atoms with Crippen LogP contribution in [0.5, 0.6) is 0 Å². The molecule has 0 aromatic rings. The van der Waals surface area contributed by atoms with E-state index < -0.39 is 0 Å². The Hall–Kier alpha value is 0.438. The maximum atomic E-state index is 6.62. The van der Waals surface area contributed by atoms with Crippen LogP contribution in [0.15, 0.2) is 0 Å². The first-order valence-electron chi connectivity index (χ1n) is 0.365. The van der Waals surface area contributed by atoms with Gasteiger partial charge in [0.1, 0.15) is 0 Å². The fourth-order valence-electron chi connectivity index (χ4n) is 0. The summed E-state index contributed by atoms with van der Waals surface area (Å²) in [6.45, 7) is 0. The molecule has 0 aromatic carbocycles. The van der Waals surface area contributed by atoms with Gasteiger partial charge in [-0.05, 0) is 0 Å². The first-order chi connectivity index (χ1) is 1.41. The maximum Gasteiger partial charge on any atom is 0 e. The molecule has 4 heavy (non-hydrogen) atoms. The second-order valence-corrected chi connectivity index (χ2v) is 0.0816. The van der Waals surface area contributed by atoms with Crippen LogP contribution in [0.2, 0.25) is 0 Å². The Balaban J connectivity index is 0. The molecule has 0 rings (SSSR count). The molecule has 2 N–H and O–H groups in total. The van der Waals surface area contributed by atoms with E-state index in [1.54, 1.807) is 0 Å². The Kier molecular flexibility index (Phi) is 21.8. The summed E-state index contributed by atoms with van der Waals surface area (Å²) in [4.78, 5) is 0. The number of hydrogen-bond donors (Lipinski definition) is 2. The zero-order valence-corrected chi connectivity index (χ0v) is 3.63. The van der Waals surface area contributed by atoms with E-state index >= 15 is 0 Å². The van der Waals surface area contributed by atoms with Gasteiger partial charge in [-0.1, -0.05) is 5.04 Å². The molecule has 0 fully saturated rings. The molecule has 0 heterocycles. The minimum atomic E-state index is 0. The summed E-state index contributed by atoms with van der Waals surface area (Å²) in [6.07, 6.45) is 0. The molecule has 0 saturated carbocycles. The van der Waals surface area contributed by atoms with Crippen molar-refractivity contribution < 1.29 is 15.6 Å². The maximum absolute atomic E-state index is 6.62. The molecule has 0 unspecified atom stereocenters. The Morgan fingerprint density at radius 3 is 1.25 bits per heavy atom. The largest absolute Gasteiger partial charge is 0.221 e. The molecule has 3 radical (unpaired) electrons. The second-order valence-electron chi connectivity index (χ2n) is 0.0816. The third-order valence-electron chi connectivity index (χ3n) is 0. The summed E-state index contributed by atoms with van der Waals surface area (Å²) in [7, 11) is 0. The molecule has 3 nitrogen and oxygen atoms in total. The van der Waals surface area contributed by atoms with Crippen molar-refractivity contribution in [1.29, 1.82) is 0 Å². The number of hydrogen-bond acceptors (Lipinski definition) is 3. The minimum Gasteiger partial charge on any atom is -0.221 e. The Bertz CT molecular complexity index is 3.25.